The number of H-pyrrole nitrogens is 1. The zero-order valence-electron chi connectivity index (χ0n) is 7.86. The number of rotatable bonds is 1. The van der Waals surface area contributed by atoms with Crippen LogP contribution in [-0.4, -0.2) is 19.7 Å². The van der Waals surface area contributed by atoms with Gasteiger partial charge >= 0.3 is 0 Å². The zero-order valence-corrected chi connectivity index (χ0v) is 9.45. The Hall–Kier alpha value is -1.63. The summed E-state index contributed by atoms with van der Waals surface area (Å²) in [5.41, 5.74) is 5.34. The number of aryl methyl sites for hydroxylation is 1. The van der Waals surface area contributed by atoms with E-state index < -0.39 is 0 Å². The molecule has 0 aliphatic heterocycles. The molecule has 0 bridgehead atoms. The van der Waals surface area contributed by atoms with Gasteiger partial charge in [0.25, 0.3) is 5.56 Å². The van der Waals surface area contributed by atoms with Crippen molar-refractivity contribution < 1.29 is 0 Å². The highest BCUT2D eigenvalue weighted by atomic mass is 79.9. The normalized spacial score (nSPS) is 10.5. The maximum Gasteiger partial charge on any atom is 0.253 e. The van der Waals surface area contributed by atoms with Crippen molar-refractivity contribution in [1.29, 1.82) is 0 Å². The van der Waals surface area contributed by atoms with Crippen molar-refractivity contribution in [1.82, 2.24) is 19.7 Å². The second-order valence-corrected chi connectivity index (χ2v) is 3.85. The van der Waals surface area contributed by atoms with E-state index >= 15 is 0 Å². The molecule has 0 saturated carbocycles. The van der Waals surface area contributed by atoms with Gasteiger partial charge in [-0.1, -0.05) is 0 Å². The van der Waals surface area contributed by atoms with Crippen LogP contribution in [0, 0.1) is 6.92 Å². The molecule has 3 N–H and O–H groups in total. The Morgan fingerprint density at radius 2 is 2.33 bits per heavy atom. The molecule has 0 amide bonds. The van der Waals surface area contributed by atoms with Crippen LogP contribution in [0.1, 0.15) is 5.82 Å². The van der Waals surface area contributed by atoms with Crippen molar-refractivity contribution in [2.75, 3.05) is 5.73 Å². The largest absolute Gasteiger partial charge is 0.381 e. The molecule has 0 spiro atoms. The van der Waals surface area contributed by atoms with Crippen LogP contribution in [0.5, 0.6) is 0 Å². The highest BCUT2D eigenvalue weighted by molar-refractivity contribution is 9.10. The highest BCUT2D eigenvalue weighted by Gasteiger charge is 2.06. The number of nitrogens with zero attached hydrogens (tertiary/aromatic N) is 3. The number of aromatic nitrogens is 4. The van der Waals surface area contributed by atoms with E-state index in [1.807, 2.05) is 0 Å². The van der Waals surface area contributed by atoms with Gasteiger partial charge < -0.3 is 10.7 Å². The maximum absolute atomic E-state index is 11.2. The summed E-state index contributed by atoms with van der Waals surface area (Å²) in [6.07, 6.45) is 1.65. The van der Waals surface area contributed by atoms with E-state index in [0.717, 1.165) is 0 Å². The topological polar surface area (TPSA) is 89.6 Å². The van der Waals surface area contributed by atoms with Crippen LogP contribution < -0.4 is 11.3 Å². The molecule has 0 aliphatic carbocycles. The summed E-state index contributed by atoms with van der Waals surface area (Å²) in [4.78, 5) is 17.9. The monoisotopic (exact) mass is 269 g/mol. The standard InChI is InChI=1S/C8H8BrN5O/c1-4-11-6(2-7(15)12-4)14-3-5(9)8(10)13-14/h2-3H,1H3,(H2,10,13)(H,11,12,15). The molecule has 6 nitrogen and oxygen atoms in total. The summed E-state index contributed by atoms with van der Waals surface area (Å²) in [5.74, 6) is 1.33. The summed E-state index contributed by atoms with van der Waals surface area (Å²) in [5, 5.41) is 3.99. The van der Waals surface area contributed by atoms with Gasteiger partial charge in [0.15, 0.2) is 11.6 Å². The fourth-order valence-corrected chi connectivity index (χ4v) is 1.44. The van der Waals surface area contributed by atoms with E-state index in [2.05, 4.69) is 31.0 Å². The van der Waals surface area contributed by atoms with Crippen LogP contribution in [0.15, 0.2) is 21.5 Å². The SMILES string of the molecule is Cc1nc(-n2cc(Br)c(N)n2)cc(=O)[nH]1. The van der Waals surface area contributed by atoms with Crippen molar-refractivity contribution in [2.45, 2.75) is 6.92 Å². The van der Waals surface area contributed by atoms with Crippen molar-refractivity contribution >= 4 is 21.7 Å². The number of hydrogen-bond acceptors (Lipinski definition) is 4. The van der Waals surface area contributed by atoms with Gasteiger partial charge in [0.1, 0.15) is 5.82 Å². The second kappa shape index (κ2) is 3.50. The first-order chi connectivity index (χ1) is 7.06. The molecular weight excluding hydrogens is 262 g/mol. The van der Waals surface area contributed by atoms with Crippen LogP contribution in [0.2, 0.25) is 0 Å². The van der Waals surface area contributed by atoms with Crippen LogP contribution >= 0.6 is 15.9 Å². The Morgan fingerprint density at radius 3 is 2.87 bits per heavy atom. The molecule has 0 aliphatic rings. The van der Waals surface area contributed by atoms with E-state index in [1.165, 1.54) is 10.7 Å². The molecule has 2 rings (SSSR count). The first kappa shape index (κ1) is 9.91. The summed E-state index contributed by atoms with van der Waals surface area (Å²) in [6.45, 7) is 1.70. The Bertz CT molecular complexity index is 539. The smallest absolute Gasteiger partial charge is 0.253 e. The number of hydrogen-bond donors (Lipinski definition) is 2. The predicted octanol–water partition coefficient (Wildman–Crippen LogP) is 0.609. The van der Waals surface area contributed by atoms with Gasteiger partial charge in [-0.3, -0.25) is 4.79 Å². The summed E-state index contributed by atoms with van der Waals surface area (Å²) in [7, 11) is 0. The number of aromatic amines is 1. The lowest BCUT2D eigenvalue weighted by Gasteiger charge is -1.99. The van der Waals surface area contributed by atoms with Gasteiger partial charge in [-0.25, -0.2) is 9.67 Å². The minimum atomic E-state index is -0.220. The Kier molecular flexibility index (Phi) is 2.31. The lowest BCUT2D eigenvalue weighted by molar-refractivity contribution is 0.826. The molecule has 2 heterocycles. The first-order valence-electron chi connectivity index (χ1n) is 4.15. The van der Waals surface area contributed by atoms with Crippen molar-refractivity contribution in [3.8, 4) is 5.82 Å². The van der Waals surface area contributed by atoms with E-state index in [-0.39, 0.29) is 5.56 Å². The van der Waals surface area contributed by atoms with Crippen LogP contribution in [0.4, 0.5) is 5.82 Å². The second-order valence-electron chi connectivity index (χ2n) is 3.00. The molecule has 0 atom stereocenters. The molecule has 0 fully saturated rings. The third-order valence-corrected chi connectivity index (χ3v) is 2.39. The fourth-order valence-electron chi connectivity index (χ4n) is 1.16. The lowest BCUT2D eigenvalue weighted by atomic mass is 10.5. The van der Waals surface area contributed by atoms with Gasteiger partial charge in [0.2, 0.25) is 0 Å². The van der Waals surface area contributed by atoms with Gasteiger partial charge in [-0.05, 0) is 22.9 Å². The molecular formula is C8H8BrN5O. The highest BCUT2D eigenvalue weighted by Crippen LogP contribution is 2.17. The third kappa shape index (κ3) is 1.91. The van der Waals surface area contributed by atoms with Crippen LogP contribution in [-0.2, 0) is 0 Å². The van der Waals surface area contributed by atoms with Gasteiger partial charge in [-0.2, -0.15) is 0 Å². The Morgan fingerprint density at radius 1 is 1.60 bits per heavy atom. The Balaban J connectivity index is 2.58. The van der Waals surface area contributed by atoms with Gasteiger partial charge in [-0.15, -0.1) is 5.10 Å². The number of nitrogen functional groups attached to an aromatic ring is 1. The summed E-state index contributed by atoms with van der Waals surface area (Å²) < 4.78 is 2.11. The Labute approximate surface area is 93.3 Å². The molecule has 78 valence electrons. The third-order valence-electron chi connectivity index (χ3n) is 1.78. The average molecular weight is 270 g/mol. The molecule has 2 aromatic rings. The molecule has 7 heteroatoms. The fraction of sp³-hybridized carbons (Fsp3) is 0.125. The predicted molar refractivity (Wildman–Crippen MR) is 58.8 cm³/mol. The minimum Gasteiger partial charge on any atom is -0.381 e. The van der Waals surface area contributed by atoms with Crippen molar-refractivity contribution in [2.24, 2.45) is 0 Å². The van der Waals surface area contributed by atoms with E-state index in [4.69, 9.17) is 5.73 Å². The zero-order chi connectivity index (χ0) is 11.0. The maximum atomic E-state index is 11.2. The average Bonchev–Trinajstić information content (AvgIpc) is 2.45. The number of anilines is 1. The van der Waals surface area contributed by atoms with E-state index in [1.54, 1.807) is 13.1 Å². The van der Waals surface area contributed by atoms with Crippen LogP contribution in [0.3, 0.4) is 0 Å². The first-order valence-corrected chi connectivity index (χ1v) is 4.94. The molecule has 0 radical (unpaired) electrons. The van der Waals surface area contributed by atoms with Crippen LogP contribution in [0.25, 0.3) is 5.82 Å². The van der Waals surface area contributed by atoms with Gasteiger partial charge in [0.05, 0.1) is 4.47 Å². The summed E-state index contributed by atoms with van der Waals surface area (Å²) >= 11 is 3.23. The van der Waals surface area contributed by atoms with Crippen molar-refractivity contribution in [3.63, 3.8) is 0 Å². The lowest BCUT2D eigenvalue weighted by Crippen LogP contribution is -2.12. The summed E-state index contributed by atoms with van der Waals surface area (Å²) in [6, 6.07) is 1.35. The molecule has 0 saturated heterocycles. The van der Waals surface area contributed by atoms with Gasteiger partial charge in [0, 0.05) is 12.3 Å². The molecule has 0 unspecified atom stereocenters. The molecule has 0 aromatic carbocycles. The molecule has 15 heavy (non-hydrogen) atoms. The van der Waals surface area contributed by atoms with Crippen molar-refractivity contribution in [3.05, 3.63) is 32.9 Å². The van der Waals surface area contributed by atoms with E-state index in [0.29, 0.717) is 21.9 Å². The molecule has 2 aromatic heterocycles. The number of nitrogens with one attached hydrogen (secondary N) is 1. The van der Waals surface area contributed by atoms with E-state index in [9.17, 15) is 4.79 Å². The quantitative estimate of drug-likeness (QED) is 0.794. The number of nitrogens with two attached hydrogens (primary N) is 1. The minimum absolute atomic E-state index is 0.220. The number of halogens is 1.